The van der Waals surface area contributed by atoms with E-state index in [-0.39, 0.29) is 12.5 Å². The van der Waals surface area contributed by atoms with E-state index in [9.17, 15) is 30.3 Å². The summed E-state index contributed by atoms with van der Waals surface area (Å²) < 4.78 is 11.2. The van der Waals surface area contributed by atoms with Crippen molar-refractivity contribution < 1.29 is 39.8 Å². The van der Waals surface area contributed by atoms with Gasteiger partial charge in [0.2, 0.25) is 5.91 Å². The van der Waals surface area contributed by atoms with Gasteiger partial charge in [-0.15, -0.1) is 0 Å². The number of amides is 1. The van der Waals surface area contributed by atoms with E-state index in [1.165, 1.54) is 148 Å². The van der Waals surface area contributed by atoms with Crippen LogP contribution in [0.1, 0.15) is 213 Å². The predicted molar refractivity (Wildman–Crippen MR) is 212 cm³/mol. The molecule has 1 aliphatic heterocycles. The van der Waals surface area contributed by atoms with Crippen molar-refractivity contribution in [3.05, 3.63) is 0 Å². The average Bonchev–Trinajstić information content (AvgIpc) is 3.14. The summed E-state index contributed by atoms with van der Waals surface area (Å²) in [7, 11) is 0. The number of rotatable bonds is 37. The van der Waals surface area contributed by atoms with Gasteiger partial charge in [0.05, 0.1) is 25.4 Å². The van der Waals surface area contributed by atoms with Crippen molar-refractivity contribution in [1.82, 2.24) is 5.32 Å². The van der Waals surface area contributed by atoms with Crippen LogP contribution in [0, 0.1) is 0 Å². The van der Waals surface area contributed by atoms with Crippen LogP contribution in [0.15, 0.2) is 0 Å². The lowest BCUT2D eigenvalue weighted by molar-refractivity contribution is -0.302. The van der Waals surface area contributed by atoms with Crippen molar-refractivity contribution >= 4 is 5.91 Å². The molecule has 1 rings (SSSR count). The second kappa shape index (κ2) is 34.7. The maximum Gasteiger partial charge on any atom is 0.220 e. The quantitative estimate of drug-likeness (QED) is 0.0346. The summed E-state index contributed by atoms with van der Waals surface area (Å²) in [6.45, 7) is 3.83. The van der Waals surface area contributed by atoms with Gasteiger partial charge in [-0.25, -0.2) is 0 Å². The molecule has 9 heteroatoms. The van der Waals surface area contributed by atoms with E-state index in [0.29, 0.717) is 12.8 Å². The molecular weight excluding hydrogens is 658 g/mol. The van der Waals surface area contributed by atoms with Gasteiger partial charge in [0.25, 0.3) is 0 Å². The Morgan fingerprint density at radius 1 is 0.577 bits per heavy atom. The van der Waals surface area contributed by atoms with Crippen molar-refractivity contribution in [2.45, 2.75) is 256 Å². The number of ether oxygens (including phenoxy) is 2. The Balaban J connectivity index is 2.30. The minimum absolute atomic E-state index is 0.132. The number of carbonyl (C=O) groups excluding carboxylic acids is 1. The molecular formula is C43H85NO8. The number of aliphatic hydroxyl groups is 5. The van der Waals surface area contributed by atoms with E-state index in [2.05, 4.69) is 19.2 Å². The number of aliphatic hydroxyl groups excluding tert-OH is 5. The van der Waals surface area contributed by atoms with Gasteiger partial charge in [-0.05, 0) is 12.8 Å². The Bertz CT molecular complexity index is 786. The molecule has 1 saturated heterocycles. The molecule has 0 saturated carbocycles. The van der Waals surface area contributed by atoms with Crippen LogP contribution in [-0.2, 0) is 14.3 Å². The molecule has 6 N–H and O–H groups in total. The maximum absolute atomic E-state index is 12.9. The van der Waals surface area contributed by atoms with Gasteiger partial charge in [-0.1, -0.05) is 194 Å². The first-order valence-electron chi connectivity index (χ1n) is 22.2. The highest BCUT2D eigenvalue weighted by atomic mass is 16.7. The summed E-state index contributed by atoms with van der Waals surface area (Å²) in [4.78, 5) is 12.9. The standard InChI is InChI=1S/C43H85NO8/c1-3-5-7-9-11-13-15-16-17-18-19-20-21-23-25-27-29-31-33-39(47)44-36(35-51-43-42(50)41(49)40(48)38(34-45)52-43)37(46)32-30-28-26-24-22-14-12-10-8-6-4-2/h36-38,40-43,45-46,48-50H,3-35H2,1-2H3,(H,44,47)/t36-,37+,38-,40-,41?,42?,43-/m0/s1. The molecule has 2 unspecified atom stereocenters. The molecule has 0 bridgehead atoms. The lowest BCUT2D eigenvalue weighted by atomic mass is 9.99. The Labute approximate surface area is 319 Å². The van der Waals surface area contributed by atoms with Gasteiger partial charge in [-0.2, -0.15) is 0 Å². The Kier molecular flexibility index (Phi) is 32.8. The second-order valence-corrected chi connectivity index (χ2v) is 15.9. The van der Waals surface area contributed by atoms with Crippen LogP contribution in [0.5, 0.6) is 0 Å². The summed E-state index contributed by atoms with van der Waals surface area (Å²) in [6.07, 6.45) is 29.7. The molecule has 0 spiro atoms. The Morgan fingerprint density at radius 2 is 0.962 bits per heavy atom. The van der Waals surface area contributed by atoms with Crippen LogP contribution in [0.4, 0.5) is 0 Å². The summed E-state index contributed by atoms with van der Waals surface area (Å²) in [5.41, 5.74) is 0. The van der Waals surface area contributed by atoms with Gasteiger partial charge in [0.1, 0.15) is 24.4 Å². The summed E-state index contributed by atoms with van der Waals surface area (Å²) in [6, 6.07) is -0.710. The molecule has 52 heavy (non-hydrogen) atoms. The Hall–Kier alpha value is -0.810. The van der Waals surface area contributed by atoms with Crippen LogP contribution >= 0.6 is 0 Å². The first-order valence-corrected chi connectivity index (χ1v) is 22.2. The molecule has 0 aromatic rings. The van der Waals surface area contributed by atoms with Crippen LogP contribution in [-0.4, -0.2) is 87.5 Å². The van der Waals surface area contributed by atoms with Crippen molar-refractivity contribution in [2.24, 2.45) is 0 Å². The number of hydrogen-bond donors (Lipinski definition) is 6. The molecule has 1 fully saturated rings. The fraction of sp³-hybridized carbons (Fsp3) is 0.977. The highest BCUT2D eigenvalue weighted by Crippen LogP contribution is 2.23. The maximum atomic E-state index is 12.9. The van der Waals surface area contributed by atoms with Crippen molar-refractivity contribution in [2.75, 3.05) is 13.2 Å². The molecule has 7 atom stereocenters. The fourth-order valence-electron chi connectivity index (χ4n) is 7.34. The smallest absolute Gasteiger partial charge is 0.220 e. The van der Waals surface area contributed by atoms with E-state index in [0.717, 1.165) is 38.5 Å². The lowest BCUT2D eigenvalue weighted by Gasteiger charge is -2.40. The number of nitrogens with one attached hydrogen (secondary N) is 1. The molecule has 0 aromatic carbocycles. The number of carbonyl (C=O) groups is 1. The van der Waals surface area contributed by atoms with Gasteiger partial charge in [0.15, 0.2) is 6.29 Å². The van der Waals surface area contributed by atoms with Crippen molar-refractivity contribution in [3.63, 3.8) is 0 Å². The first-order chi connectivity index (χ1) is 25.3. The molecule has 0 aliphatic carbocycles. The largest absolute Gasteiger partial charge is 0.394 e. The van der Waals surface area contributed by atoms with E-state index in [1.807, 2.05) is 0 Å². The number of unbranched alkanes of at least 4 members (excludes halogenated alkanes) is 27. The molecule has 1 amide bonds. The zero-order valence-electron chi connectivity index (χ0n) is 33.8. The van der Waals surface area contributed by atoms with Gasteiger partial charge < -0.3 is 40.3 Å². The van der Waals surface area contributed by atoms with E-state index in [4.69, 9.17) is 9.47 Å². The number of hydrogen-bond acceptors (Lipinski definition) is 8. The van der Waals surface area contributed by atoms with E-state index < -0.39 is 49.5 Å². The lowest BCUT2D eigenvalue weighted by Crippen LogP contribution is -2.60. The Morgan fingerprint density at radius 3 is 1.37 bits per heavy atom. The van der Waals surface area contributed by atoms with Crippen LogP contribution in [0.2, 0.25) is 0 Å². The van der Waals surface area contributed by atoms with Crippen LogP contribution < -0.4 is 5.32 Å². The van der Waals surface area contributed by atoms with Crippen molar-refractivity contribution in [3.8, 4) is 0 Å². The van der Waals surface area contributed by atoms with Gasteiger partial charge in [-0.3, -0.25) is 4.79 Å². The zero-order valence-corrected chi connectivity index (χ0v) is 33.8. The van der Waals surface area contributed by atoms with Gasteiger partial charge >= 0.3 is 0 Å². The van der Waals surface area contributed by atoms with Crippen LogP contribution in [0.3, 0.4) is 0 Å². The summed E-state index contributed by atoms with van der Waals surface area (Å²) >= 11 is 0. The molecule has 9 nitrogen and oxygen atoms in total. The average molecular weight is 744 g/mol. The van der Waals surface area contributed by atoms with Gasteiger partial charge in [0, 0.05) is 6.42 Å². The molecule has 1 aliphatic rings. The fourth-order valence-corrected chi connectivity index (χ4v) is 7.34. The normalized spacial score (nSPS) is 21.7. The third kappa shape index (κ3) is 25.3. The second-order valence-electron chi connectivity index (χ2n) is 15.9. The zero-order chi connectivity index (χ0) is 38.1. The summed E-state index contributed by atoms with van der Waals surface area (Å²) in [5, 5.41) is 54.2. The predicted octanol–water partition coefficient (Wildman–Crippen LogP) is 8.78. The molecule has 310 valence electrons. The SMILES string of the molecule is CCCCCCCCCCCCCCCCCCCCC(=O)N[C@@H](CO[C@H]1O[C@@H](CO)[C@H](O)C(O)C1O)[C@H](O)CCCCCCCCCCCCC. The van der Waals surface area contributed by atoms with E-state index in [1.54, 1.807) is 0 Å². The van der Waals surface area contributed by atoms with E-state index >= 15 is 0 Å². The van der Waals surface area contributed by atoms with Crippen LogP contribution in [0.25, 0.3) is 0 Å². The highest BCUT2D eigenvalue weighted by Gasteiger charge is 2.44. The summed E-state index contributed by atoms with van der Waals surface area (Å²) in [5.74, 6) is -0.142. The minimum atomic E-state index is -1.55. The molecule has 0 radical (unpaired) electrons. The minimum Gasteiger partial charge on any atom is -0.394 e. The monoisotopic (exact) mass is 744 g/mol. The third-order valence-electron chi connectivity index (χ3n) is 11.0. The molecule has 1 heterocycles. The highest BCUT2D eigenvalue weighted by molar-refractivity contribution is 5.76. The molecule has 0 aromatic heterocycles. The third-order valence-corrected chi connectivity index (χ3v) is 11.0. The van der Waals surface area contributed by atoms with Crippen molar-refractivity contribution in [1.29, 1.82) is 0 Å². The topological polar surface area (TPSA) is 149 Å². The first kappa shape index (κ1) is 49.2.